The van der Waals surface area contributed by atoms with Crippen LogP contribution in [0.4, 0.5) is 5.69 Å². The van der Waals surface area contributed by atoms with Gasteiger partial charge in [-0.3, -0.25) is 4.79 Å². The predicted molar refractivity (Wildman–Crippen MR) is 76.3 cm³/mol. The number of aromatic nitrogens is 1. The molecule has 1 aromatic heterocycles. The number of nitrogens with one attached hydrogen (secondary N) is 1. The largest absolute Gasteiger partial charge is 0.476 e. The Morgan fingerprint density at radius 2 is 2.10 bits per heavy atom. The highest BCUT2D eigenvalue weighted by molar-refractivity contribution is 6.07. The second-order valence-electron chi connectivity index (χ2n) is 4.29. The van der Waals surface area contributed by atoms with Gasteiger partial charge in [0.25, 0.3) is 5.91 Å². The van der Waals surface area contributed by atoms with Crippen LogP contribution in [0.25, 0.3) is 0 Å². The Labute approximate surface area is 121 Å². The van der Waals surface area contributed by atoms with Crippen LogP contribution < -0.4 is 5.32 Å². The topological polar surface area (TPSA) is 88.5 Å². The standard InChI is InChI=1S/C15H14N2O4/c1-21-9-10-4-2-5-11(8-10)14(18)17-12-6-3-7-16-13(12)15(19)20/h2-8H,9H2,1H3,(H,17,18)(H,19,20). The van der Waals surface area contributed by atoms with E-state index in [0.29, 0.717) is 12.2 Å². The number of methoxy groups -OCH3 is 1. The number of ether oxygens (including phenoxy) is 1. The lowest BCUT2D eigenvalue weighted by Crippen LogP contribution is -2.15. The number of rotatable bonds is 5. The minimum Gasteiger partial charge on any atom is -0.476 e. The van der Waals surface area contributed by atoms with Crippen LogP contribution in [0.1, 0.15) is 26.4 Å². The van der Waals surface area contributed by atoms with Gasteiger partial charge in [-0.25, -0.2) is 9.78 Å². The first kappa shape index (κ1) is 14.7. The van der Waals surface area contributed by atoms with Crippen LogP contribution in [0.15, 0.2) is 42.6 Å². The number of benzene rings is 1. The van der Waals surface area contributed by atoms with E-state index in [-0.39, 0.29) is 11.4 Å². The summed E-state index contributed by atoms with van der Waals surface area (Å²) in [7, 11) is 1.57. The molecule has 108 valence electrons. The number of carbonyl (C=O) groups is 2. The minimum absolute atomic E-state index is 0.159. The number of carboxylic acids is 1. The van der Waals surface area contributed by atoms with Gasteiger partial charge in [0, 0.05) is 18.9 Å². The summed E-state index contributed by atoms with van der Waals surface area (Å²) in [5, 5.41) is 11.6. The fourth-order valence-corrected chi connectivity index (χ4v) is 1.84. The quantitative estimate of drug-likeness (QED) is 0.879. The molecule has 2 aromatic rings. The van der Waals surface area contributed by atoms with Gasteiger partial charge in [0.1, 0.15) is 0 Å². The average Bonchev–Trinajstić information content (AvgIpc) is 2.48. The first-order valence-electron chi connectivity index (χ1n) is 6.19. The second kappa shape index (κ2) is 6.62. The van der Waals surface area contributed by atoms with Crippen LogP contribution >= 0.6 is 0 Å². The Balaban J connectivity index is 2.22. The Bertz CT molecular complexity index is 670. The van der Waals surface area contributed by atoms with E-state index in [0.717, 1.165) is 5.56 Å². The fourth-order valence-electron chi connectivity index (χ4n) is 1.84. The van der Waals surface area contributed by atoms with Gasteiger partial charge in [-0.05, 0) is 29.8 Å². The lowest BCUT2D eigenvalue weighted by atomic mass is 10.1. The number of hydrogen-bond acceptors (Lipinski definition) is 4. The van der Waals surface area contributed by atoms with Crippen LogP contribution in [0, 0.1) is 0 Å². The highest BCUT2D eigenvalue weighted by Crippen LogP contribution is 2.14. The third-order valence-electron chi connectivity index (χ3n) is 2.76. The number of nitrogens with zero attached hydrogens (tertiary/aromatic N) is 1. The summed E-state index contributed by atoms with van der Waals surface area (Å²) in [5.41, 5.74) is 1.24. The lowest BCUT2D eigenvalue weighted by molar-refractivity contribution is 0.0691. The Morgan fingerprint density at radius 3 is 2.81 bits per heavy atom. The molecule has 0 aliphatic carbocycles. The van der Waals surface area contributed by atoms with Crippen LogP contribution in [0.3, 0.4) is 0 Å². The minimum atomic E-state index is -1.20. The number of aromatic carboxylic acids is 1. The zero-order chi connectivity index (χ0) is 15.2. The first-order chi connectivity index (χ1) is 10.1. The molecule has 0 saturated heterocycles. The van der Waals surface area contributed by atoms with Gasteiger partial charge < -0.3 is 15.2 Å². The summed E-state index contributed by atoms with van der Waals surface area (Å²) in [6, 6.07) is 9.97. The maximum atomic E-state index is 12.2. The fraction of sp³-hybridized carbons (Fsp3) is 0.133. The van der Waals surface area contributed by atoms with Gasteiger partial charge in [-0.1, -0.05) is 12.1 Å². The molecule has 0 saturated carbocycles. The van der Waals surface area contributed by atoms with Crippen LogP contribution in [0.5, 0.6) is 0 Å². The van der Waals surface area contributed by atoms with Gasteiger partial charge in [-0.2, -0.15) is 0 Å². The molecule has 0 spiro atoms. The molecular formula is C15H14N2O4. The molecule has 0 aliphatic heterocycles. The van der Waals surface area contributed by atoms with E-state index in [1.165, 1.54) is 12.3 Å². The number of anilines is 1. The molecule has 21 heavy (non-hydrogen) atoms. The SMILES string of the molecule is COCc1cccc(C(=O)Nc2cccnc2C(=O)O)c1. The molecule has 6 nitrogen and oxygen atoms in total. The summed E-state index contributed by atoms with van der Waals surface area (Å²) >= 11 is 0. The smallest absolute Gasteiger partial charge is 0.356 e. The van der Waals surface area contributed by atoms with Gasteiger partial charge in [-0.15, -0.1) is 0 Å². The van der Waals surface area contributed by atoms with E-state index >= 15 is 0 Å². The zero-order valence-electron chi connectivity index (χ0n) is 11.4. The van der Waals surface area contributed by atoms with Gasteiger partial charge in [0.15, 0.2) is 5.69 Å². The molecule has 0 aliphatic rings. The van der Waals surface area contributed by atoms with Crippen LogP contribution in [-0.4, -0.2) is 29.1 Å². The number of carboxylic acid groups (broad SMARTS) is 1. The van der Waals surface area contributed by atoms with E-state index in [1.807, 2.05) is 6.07 Å². The summed E-state index contributed by atoms with van der Waals surface area (Å²) in [5.74, 6) is -1.59. The van der Waals surface area contributed by atoms with Crippen LogP contribution in [0.2, 0.25) is 0 Å². The van der Waals surface area contributed by atoms with Crippen molar-refractivity contribution in [1.29, 1.82) is 0 Å². The van der Waals surface area contributed by atoms with Crippen molar-refractivity contribution in [3.8, 4) is 0 Å². The highest BCUT2D eigenvalue weighted by atomic mass is 16.5. The Kier molecular flexibility index (Phi) is 4.63. The van der Waals surface area contributed by atoms with Crippen molar-refractivity contribution in [2.45, 2.75) is 6.61 Å². The molecule has 2 N–H and O–H groups in total. The van der Waals surface area contributed by atoms with Gasteiger partial charge >= 0.3 is 5.97 Å². The normalized spacial score (nSPS) is 10.1. The van der Waals surface area contributed by atoms with E-state index in [9.17, 15) is 9.59 Å². The lowest BCUT2D eigenvalue weighted by Gasteiger charge is -2.08. The third kappa shape index (κ3) is 3.64. The van der Waals surface area contributed by atoms with Gasteiger partial charge in [0.2, 0.25) is 0 Å². The molecule has 2 rings (SSSR count). The first-order valence-corrected chi connectivity index (χ1v) is 6.19. The van der Waals surface area contributed by atoms with Crippen molar-refractivity contribution >= 4 is 17.6 Å². The van der Waals surface area contributed by atoms with Crippen LogP contribution in [-0.2, 0) is 11.3 Å². The molecule has 0 bridgehead atoms. The predicted octanol–water partition coefficient (Wildman–Crippen LogP) is 2.18. The van der Waals surface area contributed by atoms with Crippen molar-refractivity contribution in [3.63, 3.8) is 0 Å². The molecular weight excluding hydrogens is 272 g/mol. The van der Waals surface area contributed by atoms with Crippen molar-refractivity contribution in [1.82, 2.24) is 4.98 Å². The summed E-state index contributed by atoms with van der Waals surface area (Å²) in [6.07, 6.45) is 1.36. The zero-order valence-corrected chi connectivity index (χ0v) is 11.4. The molecule has 1 amide bonds. The maximum Gasteiger partial charge on any atom is 0.356 e. The third-order valence-corrected chi connectivity index (χ3v) is 2.76. The monoisotopic (exact) mass is 286 g/mol. The maximum absolute atomic E-state index is 12.2. The van der Waals surface area contributed by atoms with Crippen molar-refractivity contribution < 1.29 is 19.4 Å². The molecule has 0 fully saturated rings. The summed E-state index contributed by atoms with van der Waals surface area (Å²) in [4.78, 5) is 27.0. The summed E-state index contributed by atoms with van der Waals surface area (Å²) < 4.78 is 5.01. The van der Waals surface area contributed by atoms with E-state index in [2.05, 4.69) is 10.3 Å². The number of pyridine rings is 1. The van der Waals surface area contributed by atoms with Crippen molar-refractivity contribution in [3.05, 3.63) is 59.4 Å². The van der Waals surface area contributed by atoms with E-state index in [1.54, 1.807) is 31.4 Å². The van der Waals surface area contributed by atoms with E-state index in [4.69, 9.17) is 9.84 Å². The van der Waals surface area contributed by atoms with Crippen molar-refractivity contribution in [2.24, 2.45) is 0 Å². The molecule has 1 heterocycles. The molecule has 0 unspecified atom stereocenters. The van der Waals surface area contributed by atoms with Crippen molar-refractivity contribution in [2.75, 3.05) is 12.4 Å². The summed E-state index contributed by atoms with van der Waals surface area (Å²) in [6.45, 7) is 0.397. The number of hydrogen-bond donors (Lipinski definition) is 2. The average molecular weight is 286 g/mol. The molecule has 0 radical (unpaired) electrons. The molecule has 0 atom stereocenters. The van der Waals surface area contributed by atoms with E-state index < -0.39 is 11.9 Å². The highest BCUT2D eigenvalue weighted by Gasteiger charge is 2.14. The second-order valence-corrected chi connectivity index (χ2v) is 4.29. The Morgan fingerprint density at radius 1 is 1.29 bits per heavy atom. The number of carbonyl (C=O) groups excluding carboxylic acids is 1. The molecule has 1 aromatic carbocycles. The Hall–Kier alpha value is -2.73. The number of amides is 1. The molecule has 6 heteroatoms. The van der Waals surface area contributed by atoms with Gasteiger partial charge in [0.05, 0.1) is 12.3 Å².